The molecule has 5 heteroatoms. The van der Waals surface area contributed by atoms with E-state index in [1.54, 1.807) is 37.3 Å². The summed E-state index contributed by atoms with van der Waals surface area (Å²) >= 11 is 15.3. The van der Waals surface area contributed by atoms with Crippen LogP contribution in [0.3, 0.4) is 0 Å². The van der Waals surface area contributed by atoms with E-state index in [0.717, 1.165) is 4.47 Å². The molecule has 0 fully saturated rings. The Kier molecular flexibility index (Phi) is 4.74. The molecule has 100 valence electrons. The number of aliphatic hydroxyl groups is 1. The number of benzene rings is 2. The molecular weight excluding hydrogens is 351 g/mol. The van der Waals surface area contributed by atoms with Gasteiger partial charge in [0.15, 0.2) is 0 Å². The van der Waals surface area contributed by atoms with Gasteiger partial charge in [0.05, 0.1) is 11.1 Å². The van der Waals surface area contributed by atoms with Crippen molar-refractivity contribution in [2.45, 2.75) is 13.0 Å². The Balaban J connectivity index is 2.39. The van der Waals surface area contributed by atoms with E-state index in [9.17, 15) is 5.11 Å². The maximum absolute atomic E-state index is 9.74. The molecule has 0 saturated carbocycles. The van der Waals surface area contributed by atoms with E-state index in [1.807, 2.05) is 6.07 Å². The summed E-state index contributed by atoms with van der Waals surface area (Å²) in [6, 6.07) is 10.4. The Hall–Kier alpha value is -0.740. The minimum absolute atomic E-state index is 0.420. The van der Waals surface area contributed by atoms with Gasteiger partial charge in [0.1, 0.15) is 11.5 Å². The average molecular weight is 362 g/mol. The van der Waals surface area contributed by atoms with Gasteiger partial charge in [-0.25, -0.2) is 0 Å². The van der Waals surface area contributed by atoms with Crippen molar-refractivity contribution in [2.24, 2.45) is 0 Å². The molecule has 1 atom stereocenters. The first-order chi connectivity index (χ1) is 8.97. The third-order valence-electron chi connectivity index (χ3n) is 2.54. The number of aliphatic hydroxyl groups excluding tert-OH is 1. The predicted molar refractivity (Wildman–Crippen MR) is 81.3 cm³/mol. The standard InChI is InChI=1S/C14H11BrCl2O2/c1-8(18)11-4-2-9(15)6-14(11)19-13-5-3-10(16)7-12(13)17/h2-8,18H,1H3. The Morgan fingerprint density at radius 1 is 1.11 bits per heavy atom. The first-order valence-corrected chi connectivity index (χ1v) is 7.12. The zero-order chi connectivity index (χ0) is 14.0. The number of halogens is 3. The van der Waals surface area contributed by atoms with Gasteiger partial charge in [0, 0.05) is 15.1 Å². The van der Waals surface area contributed by atoms with Gasteiger partial charge in [-0.15, -0.1) is 0 Å². The minimum Gasteiger partial charge on any atom is -0.455 e. The number of ether oxygens (including phenoxy) is 1. The summed E-state index contributed by atoms with van der Waals surface area (Å²) in [5, 5.41) is 10.7. The second-order valence-electron chi connectivity index (χ2n) is 4.03. The zero-order valence-corrected chi connectivity index (χ0v) is 13.1. The molecule has 2 aromatic carbocycles. The molecule has 1 N–H and O–H groups in total. The van der Waals surface area contributed by atoms with Crippen LogP contribution < -0.4 is 4.74 Å². The second-order valence-corrected chi connectivity index (χ2v) is 5.79. The topological polar surface area (TPSA) is 29.5 Å². The highest BCUT2D eigenvalue weighted by Crippen LogP contribution is 2.36. The lowest BCUT2D eigenvalue weighted by molar-refractivity contribution is 0.195. The highest BCUT2D eigenvalue weighted by Gasteiger charge is 2.12. The molecule has 0 aliphatic rings. The first kappa shape index (κ1) is 14.7. The number of hydrogen-bond acceptors (Lipinski definition) is 2. The molecule has 0 aliphatic carbocycles. The number of hydrogen-bond donors (Lipinski definition) is 1. The van der Waals surface area contributed by atoms with Crippen LogP contribution in [0.5, 0.6) is 11.5 Å². The lowest BCUT2D eigenvalue weighted by Crippen LogP contribution is -1.96. The van der Waals surface area contributed by atoms with Crippen LogP contribution >= 0.6 is 39.1 Å². The number of rotatable bonds is 3. The van der Waals surface area contributed by atoms with Gasteiger partial charge in [-0.1, -0.05) is 45.2 Å². The third kappa shape index (κ3) is 3.63. The van der Waals surface area contributed by atoms with Gasteiger partial charge < -0.3 is 9.84 Å². The van der Waals surface area contributed by atoms with Crippen molar-refractivity contribution < 1.29 is 9.84 Å². The molecule has 1 unspecified atom stereocenters. The largest absolute Gasteiger partial charge is 0.455 e. The molecule has 0 aromatic heterocycles. The van der Waals surface area contributed by atoms with Crippen molar-refractivity contribution in [3.8, 4) is 11.5 Å². The van der Waals surface area contributed by atoms with Crippen LogP contribution in [0, 0.1) is 0 Å². The second kappa shape index (κ2) is 6.14. The molecule has 0 aliphatic heterocycles. The predicted octanol–water partition coefficient (Wildman–Crippen LogP) is 5.60. The summed E-state index contributed by atoms with van der Waals surface area (Å²) < 4.78 is 6.62. The molecular formula is C14H11BrCl2O2. The molecule has 2 aromatic rings. The van der Waals surface area contributed by atoms with Gasteiger partial charge >= 0.3 is 0 Å². The van der Waals surface area contributed by atoms with Gasteiger partial charge in [0.25, 0.3) is 0 Å². The van der Waals surface area contributed by atoms with Crippen LogP contribution in [-0.2, 0) is 0 Å². The van der Waals surface area contributed by atoms with E-state index in [0.29, 0.717) is 27.1 Å². The highest BCUT2D eigenvalue weighted by molar-refractivity contribution is 9.10. The highest BCUT2D eigenvalue weighted by atomic mass is 79.9. The summed E-state index contributed by atoms with van der Waals surface area (Å²) in [6.45, 7) is 1.68. The quantitative estimate of drug-likeness (QED) is 0.770. The Bertz CT molecular complexity index is 600. The normalized spacial score (nSPS) is 12.3. The summed E-state index contributed by atoms with van der Waals surface area (Å²) in [7, 11) is 0. The molecule has 0 spiro atoms. The van der Waals surface area contributed by atoms with Crippen molar-refractivity contribution in [3.05, 3.63) is 56.5 Å². The smallest absolute Gasteiger partial charge is 0.146 e. The van der Waals surface area contributed by atoms with Gasteiger partial charge in [0.2, 0.25) is 0 Å². The van der Waals surface area contributed by atoms with Gasteiger partial charge in [-0.2, -0.15) is 0 Å². The molecule has 0 heterocycles. The maximum atomic E-state index is 9.74. The molecule has 0 radical (unpaired) electrons. The zero-order valence-electron chi connectivity index (χ0n) is 10.0. The fourth-order valence-corrected chi connectivity index (χ4v) is 2.41. The van der Waals surface area contributed by atoms with Gasteiger partial charge in [-0.05, 0) is 37.3 Å². The monoisotopic (exact) mass is 360 g/mol. The van der Waals surface area contributed by atoms with Crippen molar-refractivity contribution in [3.63, 3.8) is 0 Å². The molecule has 0 bridgehead atoms. The first-order valence-electron chi connectivity index (χ1n) is 5.58. The Labute approximate surface area is 130 Å². The molecule has 2 nitrogen and oxygen atoms in total. The fraction of sp³-hybridized carbons (Fsp3) is 0.143. The Morgan fingerprint density at radius 3 is 2.47 bits per heavy atom. The Morgan fingerprint density at radius 2 is 1.84 bits per heavy atom. The van der Waals surface area contributed by atoms with E-state index in [-0.39, 0.29) is 0 Å². The van der Waals surface area contributed by atoms with Crippen molar-refractivity contribution in [1.29, 1.82) is 0 Å². The molecule has 19 heavy (non-hydrogen) atoms. The van der Waals surface area contributed by atoms with E-state index >= 15 is 0 Å². The van der Waals surface area contributed by atoms with Crippen LogP contribution in [0.15, 0.2) is 40.9 Å². The van der Waals surface area contributed by atoms with E-state index in [2.05, 4.69) is 15.9 Å². The SMILES string of the molecule is CC(O)c1ccc(Br)cc1Oc1ccc(Cl)cc1Cl. The molecule has 0 amide bonds. The van der Waals surface area contributed by atoms with E-state index < -0.39 is 6.10 Å². The lowest BCUT2D eigenvalue weighted by Gasteiger charge is -2.14. The van der Waals surface area contributed by atoms with Gasteiger partial charge in [-0.3, -0.25) is 0 Å². The maximum Gasteiger partial charge on any atom is 0.146 e. The van der Waals surface area contributed by atoms with Crippen LogP contribution in [0.25, 0.3) is 0 Å². The van der Waals surface area contributed by atoms with E-state index in [1.165, 1.54) is 0 Å². The minimum atomic E-state index is -0.630. The van der Waals surface area contributed by atoms with Crippen molar-refractivity contribution in [1.82, 2.24) is 0 Å². The van der Waals surface area contributed by atoms with E-state index in [4.69, 9.17) is 27.9 Å². The van der Waals surface area contributed by atoms with Crippen LogP contribution in [-0.4, -0.2) is 5.11 Å². The van der Waals surface area contributed by atoms with Crippen LogP contribution in [0.1, 0.15) is 18.6 Å². The third-order valence-corrected chi connectivity index (χ3v) is 3.56. The van der Waals surface area contributed by atoms with Crippen LogP contribution in [0.4, 0.5) is 0 Å². The lowest BCUT2D eigenvalue weighted by atomic mass is 10.1. The summed E-state index contributed by atoms with van der Waals surface area (Å²) in [5.74, 6) is 1.04. The summed E-state index contributed by atoms with van der Waals surface area (Å²) in [6.07, 6.45) is -0.630. The average Bonchev–Trinajstić information content (AvgIpc) is 2.32. The summed E-state index contributed by atoms with van der Waals surface area (Å²) in [4.78, 5) is 0. The van der Waals surface area contributed by atoms with Crippen LogP contribution in [0.2, 0.25) is 10.0 Å². The van der Waals surface area contributed by atoms with Crippen molar-refractivity contribution >= 4 is 39.1 Å². The molecule has 0 saturated heterocycles. The molecule has 2 rings (SSSR count). The fourth-order valence-electron chi connectivity index (χ4n) is 1.62. The van der Waals surface area contributed by atoms with Crippen molar-refractivity contribution in [2.75, 3.05) is 0 Å². The summed E-state index contributed by atoms with van der Waals surface area (Å²) in [5.41, 5.74) is 0.689.